The largest absolute Gasteiger partial charge is 0.362 e. The molecule has 4 heteroatoms. The molecule has 0 radical (unpaired) electrons. The van der Waals surface area contributed by atoms with Gasteiger partial charge in [-0.2, -0.15) is 0 Å². The second-order valence-corrected chi connectivity index (χ2v) is 6.40. The van der Waals surface area contributed by atoms with Gasteiger partial charge in [0, 0.05) is 17.1 Å². The highest BCUT2D eigenvalue weighted by atomic mass is 32.1. The average Bonchev–Trinajstić information content (AvgIpc) is 2.89. The van der Waals surface area contributed by atoms with Gasteiger partial charge in [-0.15, -0.1) is 11.3 Å². The Bertz CT molecular complexity index is 589. The third-order valence-electron chi connectivity index (χ3n) is 3.33. The van der Waals surface area contributed by atoms with Gasteiger partial charge in [0.15, 0.2) is 5.11 Å². The molecule has 0 spiro atoms. The summed E-state index contributed by atoms with van der Waals surface area (Å²) in [6.07, 6.45) is 1.01. The molecule has 1 aromatic carbocycles. The quantitative estimate of drug-likeness (QED) is 0.828. The highest BCUT2D eigenvalue weighted by Crippen LogP contribution is 2.19. The molecular formula is C16H20N2S2. The molecule has 0 bridgehead atoms. The molecule has 1 aromatic heterocycles. The number of nitrogens with one attached hydrogen (secondary N) is 2. The van der Waals surface area contributed by atoms with Crippen molar-refractivity contribution in [3.63, 3.8) is 0 Å². The maximum Gasteiger partial charge on any atom is 0.170 e. The van der Waals surface area contributed by atoms with E-state index in [1.54, 1.807) is 11.3 Å². The third kappa shape index (κ3) is 4.05. The lowest BCUT2D eigenvalue weighted by molar-refractivity contribution is 0.885. The van der Waals surface area contributed by atoms with Gasteiger partial charge in [0.1, 0.15) is 0 Å². The molecule has 0 aliphatic carbocycles. The number of thiocarbonyl (C=S) groups is 1. The second-order valence-electron chi connectivity index (χ2n) is 4.96. The van der Waals surface area contributed by atoms with Gasteiger partial charge < -0.3 is 10.6 Å². The van der Waals surface area contributed by atoms with Crippen LogP contribution in [0.1, 0.15) is 21.6 Å². The monoisotopic (exact) mass is 304 g/mol. The molecular weight excluding hydrogens is 284 g/mol. The van der Waals surface area contributed by atoms with E-state index in [9.17, 15) is 0 Å². The summed E-state index contributed by atoms with van der Waals surface area (Å²) >= 11 is 7.13. The zero-order valence-electron chi connectivity index (χ0n) is 12.1. The average molecular weight is 304 g/mol. The summed E-state index contributed by atoms with van der Waals surface area (Å²) in [6.45, 7) is 7.20. The first kappa shape index (κ1) is 15.0. The van der Waals surface area contributed by atoms with Crippen LogP contribution in [0.3, 0.4) is 0 Å². The minimum Gasteiger partial charge on any atom is -0.362 e. The van der Waals surface area contributed by atoms with Gasteiger partial charge in [-0.1, -0.05) is 12.1 Å². The Labute approximate surface area is 130 Å². The van der Waals surface area contributed by atoms with Crippen molar-refractivity contribution in [2.75, 3.05) is 11.9 Å². The van der Waals surface area contributed by atoms with E-state index in [0.29, 0.717) is 5.11 Å². The van der Waals surface area contributed by atoms with Gasteiger partial charge in [0.25, 0.3) is 0 Å². The van der Waals surface area contributed by atoms with Crippen LogP contribution in [0.2, 0.25) is 0 Å². The van der Waals surface area contributed by atoms with Crippen molar-refractivity contribution >= 4 is 34.4 Å². The Kier molecular flexibility index (Phi) is 5.15. The van der Waals surface area contributed by atoms with Crippen LogP contribution in [-0.4, -0.2) is 11.7 Å². The number of aryl methyl sites for hydroxylation is 3. The normalized spacial score (nSPS) is 10.3. The maximum atomic E-state index is 5.35. The van der Waals surface area contributed by atoms with Gasteiger partial charge in [-0.25, -0.2) is 0 Å². The SMILES string of the molecule is Cc1cc(C)c(NC(=S)NCCc2cccs2)cc1C. The summed E-state index contributed by atoms with van der Waals surface area (Å²) in [6, 6.07) is 8.56. The summed E-state index contributed by atoms with van der Waals surface area (Å²) in [5, 5.41) is 9.33. The Morgan fingerprint density at radius 2 is 1.90 bits per heavy atom. The van der Waals surface area contributed by atoms with E-state index in [0.717, 1.165) is 18.7 Å². The molecule has 0 aliphatic rings. The molecule has 0 saturated carbocycles. The topological polar surface area (TPSA) is 24.1 Å². The van der Waals surface area contributed by atoms with E-state index in [1.807, 2.05) is 0 Å². The van der Waals surface area contributed by atoms with E-state index >= 15 is 0 Å². The minimum atomic E-state index is 0.688. The molecule has 0 saturated heterocycles. The number of rotatable bonds is 4. The number of hydrogen-bond donors (Lipinski definition) is 2. The van der Waals surface area contributed by atoms with Crippen LogP contribution in [0.5, 0.6) is 0 Å². The lowest BCUT2D eigenvalue weighted by atomic mass is 10.1. The zero-order valence-corrected chi connectivity index (χ0v) is 13.8. The van der Waals surface area contributed by atoms with Crippen LogP contribution < -0.4 is 10.6 Å². The van der Waals surface area contributed by atoms with Gasteiger partial charge in [0.2, 0.25) is 0 Å². The van der Waals surface area contributed by atoms with E-state index in [2.05, 4.69) is 61.1 Å². The Morgan fingerprint density at radius 3 is 2.60 bits per heavy atom. The van der Waals surface area contributed by atoms with E-state index in [4.69, 9.17) is 12.2 Å². The fourth-order valence-corrected chi connectivity index (χ4v) is 2.94. The maximum absolute atomic E-state index is 5.35. The summed E-state index contributed by atoms with van der Waals surface area (Å²) < 4.78 is 0. The molecule has 1 heterocycles. The van der Waals surface area contributed by atoms with Crippen LogP contribution in [-0.2, 0) is 6.42 Å². The molecule has 0 aliphatic heterocycles. The van der Waals surface area contributed by atoms with Crippen molar-refractivity contribution in [1.29, 1.82) is 0 Å². The van der Waals surface area contributed by atoms with E-state index in [1.165, 1.54) is 21.6 Å². The summed E-state index contributed by atoms with van der Waals surface area (Å²) in [5.41, 5.74) is 4.89. The van der Waals surface area contributed by atoms with E-state index in [-0.39, 0.29) is 0 Å². The molecule has 2 nitrogen and oxygen atoms in total. The molecule has 0 amide bonds. The van der Waals surface area contributed by atoms with Crippen molar-refractivity contribution < 1.29 is 0 Å². The lowest BCUT2D eigenvalue weighted by Gasteiger charge is -2.14. The zero-order chi connectivity index (χ0) is 14.5. The van der Waals surface area contributed by atoms with Gasteiger partial charge >= 0.3 is 0 Å². The first-order valence-electron chi connectivity index (χ1n) is 6.71. The standard InChI is InChI=1S/C16H20N2S2/c1-11-9-13(3)15(10-12(11)2)18-16(19)17-7-6-14-5-4-8-20-14/h4-5,8-10H,6-7H2,1-3H3,(H2,17,18,19). The first-order chi connectivity index (χ1) is 9.56. The number of thiophene rings is 1. The Morgan fingerprint density at radius 1 is 1.15 bits per heavy atom. The van der Waals surface area contributed by atoms with Crippen LogP contribution in [0.15, 0.2) is 29.6 Å². The highest BCUT2D eigenvalue weighted by molar-refractivity contribution is 7.80. The number of anilines is 1. The third-order valence-corrected chi connectivity index (χ3v) is 4.51. The van der Waals surface area contributed by atoms with Crippen LogP contribution >= 0.6 is 23.6 Å². The summed E-state index contributed by atoms with van der Waals surface area (Å²) in [7, 11) is 0. The molecule has 0 fully saturated rings. The molecule has 0 atom stereocenters. The van der Waals surface area contributed by atoms with E-state index < -0.39 is 0 Å². The highest BCUT2D eigenvalue weighted by Gasteiger charge is 2.04. The Balaban J connectivity index is 1.86. The molecule has 2 rings (SSSR count). The predicted molar refractivity (Wildman–Crippen MR) is 92.9 cm³/mol. The second kappa shape index (κ2) is 6.86. The fraction of sp³-hybridized carbons (Fsp3) is 0.312. The van der Waals surface area contributed by atoms with Crippen LogP contribution in [0.4, 0.5) is 5.69 Å². The van der Waals surface area contributed by atoms with Crippen molar-refractivity contribution in [2.45, 2.75) is 27.2 Å². The van der Waals surface area contributed by atoms with Crippen molar-refractivity contribution in [2.24, 2.45) is 0 Å². The van der Waals surface area contributed by atoms with Crippen molar-refractivity contribution in [1.82, 2.24) is 5.32 Å². The fourth-order valence-electron chi connectivity index (χ4n) is 2.02. The minimum absolute atomic E-state index is 0.688. The predicted octanol–water partition coefficient (Wildman–Crippen LogP) is 4.20. The van der Waals surface area contributed by atoms with Gasteiger partial charge in [-0.3, -0.25) is 0 Å². The molecule has 2 aromatic rings. The number of benzene rings is 1. The molecule has 106 valence electrons. The first-order valence-corrected chi connectivity index (χ1v) is 8.00. The molecule has 2 N–H and O–H groups in total. The van der Waals surface area contributed by atoms with Gasteiger partial charge in [-0.05, 0) is 73.6 Å². The Hall–Kier alpha value is -1.39. The van der Waals surface area contributed by atoms with Crippen molar-refractivity contribution in [3.8, 4) is 0 Å². The number of hydrogen-bond acceptors (Lipinski definition) is 2. The lowest BCUT2D eigenvalue weighted by Crippen LogP contribution is -2.30. The van der Waals surface area contributed by atoms with Crippen LogP contribution in [0.25, 0.3) is 0 Å². The summed E-state index contributed by atoms with van der Waals surface area (Å²) in [5.74, 6) is 0. The molecule has 20 heavy (non-hydrogen) atoms. The van der Waals surface area contributed by atoms with Gasteiger partial charge in [0.05, 0.1) is 0 Å². The van der Waals surface area contributed by atoms with Crippen molar-refractivity contribution in [3.05, 3.63) is 51.2 Å². The summed E-state index contributed by atoms with van der Waals surface area (Å²) in [4.78, 5) is 1.38. The van der Waals surface area contributed by atoms with Crippen LogP contribution in [0, 0.1) is 20.8 Å². The smallest absolute Gasteiger partial charge is 0.170 e. The molecule has 0 unspecified atom stereocenters.